The molecule has 0 aliphatic carbocycles. The number of rotatable bonds is 5. The Morgan fingerprint density at radius 2 is 1.73 bits per heavy atom. The summed E-state index contributed by atoms with van der Waals surface area (Å²) in [6.45, 7) is 5.10. The zero-order valence-electron chi connectivity index (χ0n) is 14.8. The number of aryl methyl sites for hydroxylation is 1. The van der Waals surface area contributed by atoms with E-state index < -0.39 is 10.0 Å². The van der Waals surface area contributed by atoms with Crippen LogP contribution in [0.2, 0.25) is 5.02 Å². The Morgan fingerprint density at radius 1 is 1.04 bits per heavy atom. The summed E-state index contributed by atoms with van der Waals surface area (Å²) < 4.78 is 27.2. The predicted octanol–water partition coefficient (Wildman–Crippen LogP) is 3.67. The van der Waals surface area contributed by atoms with E-state index in [9.17, 15) is 8.42 Å². The van der Waals surface area contributed by atoms with E-state index in [0.29, 0.717) is 23.0 Å². The fraction of sp³-hybridized carbons (Fsp3) is 0.300. The van der Waals surface area contributed by atoms with Crippen LogP contribution in [0.25, 0.3) is 6.08 Å². The quantitative estimate of drug-likeness (QED) is 0.782. The predicted molar refractivity (Wildman–Crippen MR) is 107 cm³/mol. The van der Waals surface area contributed by atoms with Gasteiger partial charge in [-0.1, -0.05) is 54.1 Å². The van der Waals surface area contributed by atoms with Crippen molar-refractivity contribution < 1.29 is 8.42 Å². The average molecular weight is 391 g/mol. The minimum atomic E-state index is -3.46. The normalized spacial score (nSPS) is 17.0. The van der Waals surface area contributed by atoms with E-state index in [1.54, 1.807) is 22.5 Å². The topological polar surface area (TPSA) is 40.6 Å². The molecular weight excluding hydrogens is 368 g/mol. The summed E-state index contributed by atoms with van der Waals surface area (Å²) >= 11 is 6.01. The summed E-state index contributed by atoms with van der Waals surface area (Å²) in [7, 11) is -3.46. The number of hydrogen-bond donors (Lipinski definition) is 0. The van der Waals surface area contributed by atoms with Crippen LogP contribution < -0.4 is 0 Å². The molecule has 1 saturated heterocycles. The third-order valence-electron chi connectivity index (χ3n) is 4.57. The van der Waals surface area contributed by atoms with E-state index in [4.69, 9.17) is 11.6 Å². The van der Waals surface area contributed by atoms with E-state index >= 15 is 0 Å². The molecule has 0 saturated carbocycles. The molecule has 26 heavy (non-hydrogen) atoms. The summed E-state index contributed by atoms with van der Waals surface area (Å²) in [6.07, 6.45) is 4.22. The number of sulfonamides is 1. The molecule has 1 aliphatic heterocycles. The van der Waals surface area contributed by atoms with E-state index in [1.165, 1.54) is 5.56 Å². The highest BCUT2D eigenvalue weighted by atomic mass is 35.5. The Labute approximate surface area is 160 Å². The third kappa shape index (κ3) is 4.54. The Kier molecular flexibility index (Phi) is 6.14. The lowest BCUT2D eigenvalue weighted by atomic mass is 10.2. The molecule has 0 radical (unpaired) electrons. The van der Waals surface area contributed by atoms with Gasteiger partial charge < -0.3 is 0 Å². The lowest BCUT2D eigenvalue weighted by molar-refractivity contribution is 0.204. The maximum Gasteiger partial charge on any atom is 0.243 e. The maximum absolute atomic E-state index is 12.8. The number of hydrogen-bond acceptors (Lipinski definition) is 3. The molecule has 2 aromatic carbocycles. The van der Waals surface area contributed by atoms with Gasteiger partial charge in [-0.05, 0) is 36.2 Å². The lowest BCUT2D eigenvalue weighted by Gasteiger charge is -2.33. The monoisotopic (exact) mass is 390 g/mol. The zero-order valence-corrected chi connectivity index (χ0v) is 16.4. The highest BCUT2D eigenvalue weighted by Gasteiger charge is 2.28. The molecule has 0 N–H and O–H groups in total. The number of halogens is 1. The van der Waals surface area contributed by atoms with Gasteiger partial charge in [0.05, 0.1) is 4.90 Å². The summed E-state index contributed by atoms with van der Waals surface area (Å²) in [5, 5.41) is 0.582. The number of nitrogens with zero attached hydrogens (tertiary/aromatic N) is 2. The lowest BCUT2D eigenvalue weighted by Crippen LogP contribution is -2.48. The van der Waals surface area contributed by atoms with Crippen LogP contribution in [0, 0.1) is 6.92 Å². The molecule has 0 amide bonds. The van der Waals surface area contributed by atoms with Crippen LogP contribution in [0.5, 0.6) is 0 Å². The maximum atomic E-state index is 12.8. The molecule has 1 heterocycles. The molecule has 4 nitrogen and oxygen atoms in total. The molecule has 1 aliphatic rings. The molecule has 1 fully saturated rings. The van der Waals surface area contributed by atoms with E-state index in [2.05, 4.69) is 29.2 Å². The van der Waals surface area contributed by atoms with Crippen molar-refractivity contribution >= 4 is 27.7 Å². The standard InChI is InChI=1S/C20H23ClN2O2S/c1-17-16-19(9-10-20(17)21)26(24,25)23-14-12-22(13-15-23)11-5-8-18-6-3-2-4-7-18/h2-10,16H,11-15H2,1H3/b8-5+. The van der Waals surface area contributed by atoms with Crippen LogP contribution >= 0.6 is 11.6 Å². The molecule has 6 heteroatoms. The first kappa shape index (κ1) is 19.1. The van der Waals surface area contributed by atoms with Gasteiger partial charge in [0, 0.05) is 37.7 Å². The van der Waals surface area contributed by atoms with E-state index in [1.807, 2.05) is 25.1 Å². The zero-order chi connectivity index (χ0) is 18.6. The van der Waals surface area contributed by atoms with Gasteiger partial charge in [-0.3, -0.25) is 4.90 Å². The Balaban J connectivity index is 1.57. The van der Waals surface area contributed by atoms with Gasteiger partial charge in [0.25, 0.3) is 0 Å². The molecule has 3 rings (SSSR count). The Bertz CT molecular complexity index is 874. The van der Waals surface area contributed by atoms with Gasteiger partial charge in [0.15, 0.2) is 0 Å². The average Bonchev–Trinajstić information content (AvgIpc) is 2.65. The minimum Gasteiger partial charge on any atom is -0.297 e. The third-order valence-corrected chi connectivity index (χ3v) is 6.89. The molecule has 0 spiro atoms. The fourth-order valence-electron chi connectivity index (χ4n) is 2.98. The number of benzene rings is 2. The highest BCUT2D eigenvalue weighted by Crippen LogP contribution is 2.23. The second-order valence-corrected chi connectivity index (χ2v) is 8.77. The van der Waals surface area contributed by atoms with Crippen LogP contribution in [0.1, 0.15) is 11.1 Å². The van der Waals surface area contributed by atoms with Crippen molar-refractivity contribution in [2.75, 3.05) is 32.7 Å². The molecule has 0 atom stereocenters. The number of piperazine rings is 1. The van der Waals surface area contributed by atoms with Crippen molar-refractivity contribution in [3.63, 3.8) is 0 Å². The molecule has 0 bridgehead atoms. The first-order chi connectivity index (χ1) is 12.5. The molecule has 0 aromatic heterocycles. The van der Waals surface area contributed by atoms with Crippen molar-refractivity contribution in [1.29, 1.82) is 0 Å². The summed E-state index contributed by atoms with van der Waals surface area (Å²) in [5.74, 6) is 0. The van der Waals surface area contributed by atoms with E-state index in [0.717, 1.165) is 25.2 Å². The Hall–Kier alpha value is -1.66. The van der Waals surface area contributed by atoms with Gasteiger partial charge in [0.2, 0.25) is 10.0 Å². The van der Waals surface area contributed by atoms with Crippen molar-refractivity contribution in [2.24, 2.45) is 0 Å². The van der Waals surface area contributed by atoms with Gasteiger partial charge in [-0.25, -0.2) is 8.42 Å². The van der Waals surface area contributed by atoms with Gasteiger partial charge in [0.1, 0.15) is 0 Å². The second-order valence-electron chi connectivity index (χ2n) is 6.43. The first-order valence-corrected chi connectivity index (χ1v) is 10.5. The van der Waals surface area contributed by atoms with E-state index in [-0.39, 0.29) is 0 Å². The molecule has 2 aromatic rings. The van der Waals surface area contributed by atoms with Crippen molar-refractivity contribution in [3.8, 4) is 0 Å². The molecular formula is C20H23ClN2O2S. The SMILES string of the molecule is Cc1cc(S(=O)(=O)N2CCN(C/C=C/c3ccccc3)CC2)ccc1Cl. The van der Waals surface area contributed by atoms with Crippen molar-refractivity contribution in [2.45, 2.75) is 11.8 Å². The van der Waals surface area contributed by atoms with Crippen LogP contribution in [-0.2, 0) is 10.0 Å². The summed E-state index contributed by atoms with van der Waals surface area (Å²) in [4.78, 5) is 2.58. The second kappa shape index (κ2) is 8.35. The fourth-order valence-corrected chi connectivity index (χ4v) is 4.61. The van der Waals surface area contributed by atoms with Crippen LogP contribution in [0.15, 0.2) is 59.5 Å². The molecule has 0 unspecified atom stereocenters. The van der Waals surface area contributed by atoms with Crippen molar-refractivity contribution in [1.82, 2.24) is 9.21 Å². The Morgan fingerprint density at radius 3 is 2.38 bits per heavy atom. The largest absolute Gasteiger partial charge is 0.297 e. The smallest absolute Gasteiger partial charge is 0.243 e. The van der Waals surface area contributed by atoms with Gasteiger partial charge >= 0.3 is 0 Å². The summed E-state index contributed by atoms with van der Waals surface area (Å²) in [5.41, 5.74) is 1.95. The van der Waals surface area contributed by atoms with Crippen molar-refractivity contribution in [3.05, 3.63) is 70.8 Å². The van der Waals surface area contributed by atoms with Crippen LogP contribution in [0.3, 0.4) is 0 Å². The van der Waals surface area contributed by atoms with Crippen LogP contribution in [0.4, 0.5) is 0 Å². The highest BCUT2D eigenvalue weighted by molar-refractivity contribution is 7.89. The minimum absolute atomic E-state index is 0.317. The van der Waals surface area contributed by atoms with Gasteiger partial charge in [-0.15, -0.1) is 0 Å². The molecule has 138 valence electrons. The first-order valence-electron chi connectivity index (χ1n) is 8.67. The summed E-state index contributed by atoms with van der Waals surface area (Å²) in [6, 6.07) is 15.0. The van der Waals surface area contributed by atoms with Gasteiger partial charge in [-0.2, -0.15) is 4.31 Å². The van der Waals surface area contributed by atoms with Crippen LogP contribution in [-0.4, -0.2) is 50.3 Å².